The fourth-order valence-electron chi connectivity index (χ4n) is 1.81. The highest BCUT2D eigenvalue weighted by Crippen LogP contribution is 2.30. The summed E-state index contributed by atoms with van der Waals surface area (Å²) in [6, 6.07) is 3.51. The molecule has 0 aliphatic rings. The minimum absolute atomic E-state index is 0.197. The Balaban J connectivity index is 2.25. The number of alkyl halides is 3. The molecule has 0 bridgehead atoms. The van der Waals surface area contributed by atoms with E-state index in [0.717, 1.165) is 0 Å². The topological polar surface area (TPSA) is 62.5 Å². The molecule has 1 aromatic carbocycles. The van der Waals surface area contributed by atoms with E-state index in [0.29, 0.717) is 18.2 Å². The van der Waals surface area contributed by atoms with Crippen LogP contribution >= 0.6 is 0 Å². The van der Waals surface area contributed by atoms with E-state index in [4.69, 9.17) is 4.42 Å². The molecule has 0 saturated carbocycles. The average Bonchev–Trinajstić information content (AvgIpc) is 2.97. The number of carbonyl (C=O) groups excluding carboxylic acids is 1. The van der Waals surface area contributed by atoms with Gasteiger partial charge in [-0.3, -0.25) is 4.79 Å². The van der Waals surface area contributed by atoms with Crippen molar-refractivity contribution >= 4 is 5.91 Å². The molecule has 2 aromatic rings. The van der Waals surface area contributed by atoms with Gasteiger partial charge in [-0.1, -0.05) is 0 Å². The number of furan rings is 1. The molecule has 1 unspecified atom stereocenters. The predicted octanol–water partition coefficient (Wildman–Crippen LogP) is 2.90. The van der Waals surface area contributed by atoms with Gasteiger partial charge in [0.05, 0.1) is 24.0 Å². The largest absolute Gasteiger partial charge is 0.467 e. The zero-order valence-electron chi connectivity index (χ0n) is 11.0. The number of aliphatic hydroxyl groups is 1. The number of benzene rings is 1. The van der Waals surface area contributed by atoms with Gasteiger partial charge in [0.1, 0.15) is 17.6 Å². The van der Waals surface area contributed by atoms with Gasteiger partial charge in [0, 0.05) is 0 Å². The summed E-state index contributed by atoms with van der Waals surface area (Å²) in [5.74, 6) is -1.98. The summed E-state index contributed by atoms with van der Waals surface area (Å²) < 4.78 is 56.4. The van der Waals surface area contributed by atoms with Crippen LogP contribution in [0.2, 0.25) is 0 Å². The summed E-state index contributed by atoms with van der Waals surface area (Å²) >= 11 is 0. The number of rotatable bonds is 4. The van der Waals surface area contributed by atoms with Crippen LogP contribution in [-0.2, 0) is 6.18 Å². The molecule has 0 spiro atoms. The highest BCUT2D eigenvalue weighted by atomic mass is 19.4. The van der Waals surface area contributed by atoms with Gasteiger partial charge in [-0.15, -0.1) is 0 Å². The van der Waals surface area contributed by atoms with Crippen molar-refractivity contribution < 1.29 is 31.9 Å². The molecule has 1 amide bonds. The van der Waals surface area contributed by atoms with Crippen molar-refractivity contribution in [3.8, 4) is 0 Å². The molecule has 0 radical (unpaired) electrons. The van der Waals surface area contributed by atoms with E-state index in [-0.39, 0.29) is 5.76 Å². The average molecular weight is 317 g/mol. The number of halogens is 4. The van der Waals surface area contributed by atoms with Crippen molar-refractivity contribution in [2.45, 2.75) is 12.2 Å². The van der Waals surface area contributed by atoms with Gasteiger partial charge >= 0.3 is 6.18 Å². The summed E-state index contributed by atoms with van der Waals surface area (Å²) in [4.78, 5) is 11.9. The molecule has 22 heavy (non-hydrogen) atoms. The molecule has 118 valence electrons. The first-order valence-corrected chi connectivity index (χ1v) is 6.15. The van der Waals surface area contributed by atoms with Crippen LogP contribution in [0.25, 0.3) is 0 Å². The molecular formula is C14H11F4NO3. The highest BCUT2D eigenvalue weighted by Gasteiger charge is 2.32. The lowest BCUT2D eigenvalue weighted by Gasteiger charge is -2.15. The number of hydrogen-bond acceptors (Lipinski definition) is 3. The van der Waals surface area contributed by atoms with Crippen molar-refractivity contribution in [2.75, 3.05) is 6.61 Å². The molecule has 0 aliphatic carbocycles. The van der Waals surface area contributed by atoms with Gasteiger partial charge in [0.2, 0.25) is 0 Å². The normalized spacial score (nSPS) is 13.0. The van der Waals surface area contributed by atoms with E-state index >= 15 is 0 Å². The maximum Gasteiger partial charge on any atom is 0.416 e. The SMILES string of the molecule is O=C(NC(CO)c1ccco1)c1cc(C(F)(F)F)ccc1F. The quantitative estimate of drug-likeness (QED) is 0.852. The van der Waals surface area contributed by atoms with Gasteiger partial charge in [0.15, 0.2) is 0 Å². The fourth-order valence-corrected chi connectivity index (χ4v) is 1.81. The third-order valence-corrected chi connectivity index (χ3v) is 2.91. The summed E-state index contributed by atoms with van der Waals surface area (Å²) in [7, 11) is 0. The summed E-state index contributed by atoms with van der Waals surface area (Å²) in [5.41, 5.74) is -1.91. The Kier molecular flexibility index (Phi) is 4.51. The number of nitrogens with one attached hydrogen (secondary N) is 1. The highest BCUT2D eigenvalue weighted by molar-refractivity contribution is 5.94. The lowest BCUT2D eigenvalue weighted by molar-refractivity contribution is -0.137. The van der Waals surface area contributed by atoms with Crippen molar-refractivity contribution in [3.63, 3.8) is 0 Å². The smallest absolute Gasteiger partial charge is 0.416 e. The van der Waals surface area contributed by atoms with Crippen LogP contribution in [0.5, 0.6) is 0 Å². The zero-order valence-corrected chi connectivity index (χ0v) is 11.0. The molecule has 0 aliphatic heterocycles. The minimum atomic E-state index is -4.69. The molecule has 8 heteroatoms. The van der Waals surface area contributed by atoms with E-state index in [2.05, 4.69) is 5.32 Å². The summed E-state index contributed by atoms with van der Waals surface area (Å²) in [6.45, 7) is -0.556. The standard InChI is InChI=1S/C14H11F4NO3/c15-10-4-3-8(14(16,17)18)6-9(10)13(21)19-11(7-20)12-2-1-5-22-12/h1-6,11,20H,7H2,(H,19,21). The number of amides is 1. The van der Waals surface area contributed by atoms with Crippen LogP contribution in [0, 0.1) is 5.82 Å². The van der Waals surface area contributed by atoms with E-state index in [1.807, 2.05) is 0 Å². The van der Waals surface area contributed by atoms with Crippen LogP contribution in [-0.4, -0.2) is 17.6 Å². The Morgan fingerprint density at radius 1 is 1.32 bits per heavy atom. The molecule has 2 rings (SSSR count). The Morgan fingerprint density at radius 3 is 2.59 bits per heavy atom. The second kappa shape index (κ2) is 6.18. The fraction of sp³-hybridized carbons (Fsp3) is 0.214. The van der Waals surface area contributed by atoms with E-state index in [9.17, 15) is 27.5 Å². The van der Waals surface area contributed by atoms with Crippen molar-refractivity contribution in [1.82, 2.24) is 5.32 Å². The van der Waals surface area contributed by atoms with Gasteiger partial charge in [0.25, 0.3) is 5.91 Å². The first kappa shape index (κ1) is 16.0. The third kappa shape index (κ3) is 3.45. The molecule has 0 saturated heterocycles. The number of hydrogen-bond donors (Lipinski definition) is 2. The number of carbonyl (C=O) groups is 1. The molecule has 2 N–H and O–H groups in total. The van der Waals surface area contributed by atoms with E-state index in [1.165, 1.54) is 18.4 Å². The predicted molar refractivity (Wildman–Crippen MR) is 67.4 cm³/mol. The number of aliphatic hydroxyl groups excluding tert-OH is 1. The van der Waals surface area contributed by atoms with Crippen LogP contribution in [0.1, 0.15) is 27.7 Å². The van der Waals surface area contributed by atoms with Crippen molar-refractivity contribution in [1.29, 1.82) is 0 Å². The molecular weight excluding hydrogens is 306 g/mol. The van der Waals surface area contributed by atoms with Crippen LogP contribution in [0.15, 0.2) is 41.0 Å². The van der Waals surface area contributed by atoms with Gasteiger partial charge in [-0.25, -0.2) is 4.39 Å². The van der Waals surface area contributed by atoms with E-state index in [1.54, 1.807) is 0 Å². The monoisotopic (exact) mass is 317 g/mol. The first-order valence-electron chi connectivity index (χ1n) is 6.15. The van der Waals surface area contributed by atoms with Crippen molar-refractivity contribution in [2.24, 2.45) is 0 Å². The lowest BCUT2D eigenvalue weighted by atomic mass is 10.1. The Morgan fingerprint density at radius 2 is 2.05 bits per heavy atom. The maximum absolute atomic E-state index is 13.6. The molecule has 1 atom stereocenters. The van der Waals surface area contributed by atoms with Crippen LogP contribution in [0.4, 0.5) is 17.6 Å². The van der Waals surface area contributed by atoms with Gasteiger partial charge in [-0.05, 0) is 30.3 Å². The minimum Gasteiger partial charge on any atom is -0.467 e. The van der Waals surface area contributed by atoms with Crippen LogP contribution in [0.3, 0.4) is 0 Å². The maximum atomic E-state index is 13.6. The Labute approximate surface area is 122 Å². The second-order valence-corrected chi connectivity index (χ2v) is 4.42. The molecule has 1 heterocycles. The first-order chi connectivity index (χ1) is 10.3. The summed E-state index contributed by atoms with van der Waals surface area (Å²) in [6.07, 6.45) is -3.39. The summed E-state index contributed by atoms with van der Waals surface area (Å²) in [5, 5.41) is 11.4. The van der Waals surface area contributed by atoms with E-state index < -0.39 is 41.7 Å². The lowest BCUT2D eigenvalue weighted by Crippen LogP contribution is -2.31. The third-order valence-electron chi connectivity index (χ3n) is 2.91. The molecule has 1 aromatic heterocycles. The zero-order chi connectivity index (χ0) is 16.3. The second-order valence-electron chi connectivity index (χ2n) is 4.42. The molecule has 0 fully saturated rings. The van der Waals surface area contributed by atoms with Gasteiger partial charge < -0.3 is 14.8 Å². The Bertz CT molecular complexity index is 653. The Hall–Kier alpha value is -2.35. The van der Waals surface area contributed by atoms with Gasteiger partial charge in [-0.2, -0.15) is 13.2 Å². The van der Waals surface area contributed by atoms with Crippen LogP contribution < -0.4 is 5.32 Å². The molecule has 4 nitrogen and oxygen atoms in total. The van der Waals surface area contributed by atoms with Crippen molar-refractivity contribution in [3.05, 3.63) is 59.3 Å².